The van der Waals surface area contributed by atoms with Gasteiger partial charge >= 0.3 is 0 Å². The first-order chi connectivity index (χ1) is 34.5. The zero-order valence-electron chi connectivity index (χ0n) is 38.9. The minimum Gasteiger partial charge on any atom is -0.456 e. The number of hydrogen-bond acceptors (Lipinski definition) is 2. The van der Waals surface area contributed by atoms with Gasteiger partial charge in [0.15, 0.2) is 0 Å². The van der Waals surface area contributed by atoms with Gasteiger partial charge in [-0.05, 0) is 160 Å². The van der Waals surface area contributed by atoms with E-state index in [-0.39, 0.29) is 5.41 Å². The molecule has 328 valence electrons. The SMILES string of the molecule is CC1(C)c2ccccc2-c2ccc(N(c3ccc4c(c3)-c3ccccc3-c3ccccc3O4)c3ccc4c(c3)-c3cc5ccccc5cc3C43c4ccccc4-c4ccccc4-c4ccccc43)cc21. The smallest absolute Gasteiger partial charge is 0.135 e. The quantitative estimate of drug-likeness (QED) is 0.175. The van der Waals surface area contributed by atoms with E-state index in [0.717, 1.165) is 50.8 Å². The summed E-state index contributed by atoms with van der Waals surface area (Å²) < 4.78 is 6.83. The molecule has 0 unspecified atom stereocenters. The van der Waals surface area contributed by atoms with Crippen molar-refractivity contribution in [2.45, 2.75) is 24.7 Å². The Morgan fingerprint density at radius 2 is 0.686 bits per heavy atom. The van der Waals surface area contributed by atoms with Crippen molar-refractivity contribution in [1.29, 1.82) is 0 Å². The van der Waals surface area contributed by atoms with E-state index >= 15 is 0 Å². The van der Waals surface area contributed by atoms with Crippen molar-refractivity contribution in [2.24, 2.45) is 0 Å². The van der Waals surface area contributed by atoms with Crippen LogP contribution in [0, 0.1) is 0 Å². The van der Waals surface area contributed by atoms with Crippen molar-refractivity contribution < 1.29 is 4.74 Å². The van der Waals surface area contributed by atoms with Crippen molar-refractivity contribution in [3.05, 3.63) is 270 Å². The lowest BCUT2D eigenvalue weighted by Gasteiger charge is -2.35. The number of benzene rings is 11. The molecule has 0 aromatic heterocycles. The summed E-state index contributed by atoms with van der Waals surface area (Å²) in [5.74, 6) is 1.71. The fourth-order valence-corrected chi connectivity index (χ4v) is 13.0. The average molecular weight is 892 g/mol. The van der Waals surface area contributed by atoms with Crippen LogP contribution >= 0.6 is 0 Å². The molecular weight excluding hydrogens is 847 g/mol. The summed E-state index contributed by atoms with van der Waals surface area (Å²) >= 11 is 0. The molecule has 0 radical (unpaired) electrons. The predicted molar refractivity (Wildman–Crippen MR) is 289 cm³/mol. The molecule has 1 spiro atoms. The molecule has 0 saturated carbocycles. The van der Waals surface area contributed by atoms with Gasteiger partial charge in [0.05, 0.1) is 5.41 Å². The highest BCUT2D eigenvalue weighted by Gasteiger charge is 2.50. The van der Waals surface area contributed by atoms with Gasteiger partial charge in [-0.3, -0.25) is 0 Å². The lowest BCUT2D eigenvalue weighted by atomic mass is 9.65. The highest BCUT2D eigenvalue weighted by molar-refractivity contribution is 6.02. The Morgan fingerprint density at radius 3 is 1.36 bits per heavy atom. The maximum atomic E-state index is 6.83. The largest absolute Gasteiger partial charge is 0.456 e. The van der Waals surface area contributed by atoms with Gasteiger partial charge < -0.3 is 9.64 Å². The Bertz CT molecular complexity index is 3970. The third-order valence-corrected chi connectivity index (χ3v) is 16.1. The summed E-state index contributed by atoms with van der Waals surface area (Å²) in [5.41, 5.74) is 25.0. The third kappa shape index (κ3) is 5.28. The van der Waals surface area contributed by atoms with Crippen LogP contribution in [0.4, 0.5) is 17.1 Å². The van der Waals surface area contributed by atoms with Crippen LogP contribution in [0.3, 0.4) is 0 Å². The normalized spacial score (nSPS) is 14.2. The Morgan fingerprint density at radius 1 is 0.271 bits per heavy atom. The fourth-order valence-electron chi connectivity index (χ4n) is 13.0. The molecule has 0 saturated heterocycles. The second-order valence-electron chi connectivity index (χ2n) is 19.9. The van der Waals surface area contributed by atoms with E-state index in [9.17, 15) is 0 Å². The lowest BCUT2D eigenvalue weighted by Crippen LogP contribution is -2.29. The number of fused-ring (bicyclic) bond motifs is 21. The Hall–Kier alpha value is -8.72. The molecule has 11 aromatic carbocycles. The zero-order chi connectivity index (χ0) is 46.3. The van der Waals surface area contributed by atoms with Gasteiger partial charge in [-0.15, -0.1) is 0 Å². The third-order valence-electron chi connectivity index (χ3n) is 16.1. The van der Waals surface area contributed by atoms with E-state index in [1.165, 1.54) is 88.7 Å². The molecule has 3 aliphatic carbocycles. The Kier molecular flexibility index (Phi) is 8.08. The van der Waals surface area contributed by atoms with Crippen LogP contribution in [0.2, 0.25) is 0 Å². The van der Waals surface area contributed by atoms with Crippen LogP contribution in [0.5, 0.6) is 11.5 Å². The minimum absolute atomic E-state index is 0.178. The Labute approximate surface area is 408 Å². The average Bonchev–Trinajstić information content (AvgIpc) is 3.70. The van der Waals surface area contributed by atoms with Gasteiger partial charge in [-0.1, -0.05) is 190 Å². The molecule has 2 heteroatoms. The van der Waals surface area contributed by atoms with Crippen LogP contribution in [-0.2, 0) is 10.8 Å². The molecule has 1 heterocycles. The first-order valence-corrected chi connectivity index (χ1v) is 24.5. The lowest BCUT2D eigenvalue weighted by molar-refractivity contribution is 0.488. The van der Waals surface area contributed by atoms with Crippen molar-refractivity contribution in [3.63, 3.8) is 0 Å². The van der Waals surface area contributed by atoms with Crippen LogP contribution in [0.1, 0.15) is 47.2 Å². The monoisotopic (exact) mass is 891 g/mol. The molecule has 11 aromatic rings. The molecule has 4 aliphatic rings. The standard InChI is InChI=1S/C68H45NO/c1-67(2)59-27-13-9-25-53(59)54-34-31-46(41-63(54)67)69(45-33-36-66-58(40-45)50-22-8-7-21-49(50)55-26-12-16-30-65(55)70-66)44-32-35-62-57(39-44)56-37-42-17-3-4-18-43(42)38-64(56)68(62)60-28-14-10-23-51(60)47-19-5-6-20-48(47)52-24-11-15-29-61(52)68/h3-41H,1-2H3. The van der Waals surface area contributed by atoms with E-state index in [2.05, 4.69) is 255 Å². The number of hydrogen-bond donors (Lipinski definition) is 0. The van der Waals surface area contributed by atoms with E-state index < -0.39 is 5.41 Å². The van der Waals surface area contributed by atoms with E-state index in [4.69, 9.17) is 4.74 Å². The molecule has 15 rings (SSSR count). The van der Waals surface area contributed by atoms with Gasteiger partial charge in [0.25, 0.3) is 0 Å². The fraction of sp³-hybridized carbons (Fsp3) is 0.0588. The summed E-state index contributed by atoms with van der Waals surface area (Å²) in [6.07, 6.45) is 0. The number of para-hydroxylation sites is 1. The molecule has 70 heavy (non-hydrogen) atoms. The molecule has 0 N–H and O–H groups in total. The van der Waals surface area contributed by atoms with Crippen LogP contribution in [0.15, 0.2) is 237 Å². The molecular formula is C68H45NO. The van der Waals surface area contributed by atoms with Crippen molar-refractivity contribution in [1.82, 2.24) is 0 Å². The van der Waals surface area contributed by atoms with Crippen LogP contribution in [-0.4, -0.2) is 0 Å². The predicted octanol–water partition coefficient (Wildman–Crippen LogP) is 18.1. The number of rotatable bonds is 3. The zero-order valence-corrected chi connectivity index (χ0v) is 38.9. The van der Waals surface area contributed by atoms with Gasteiger partial charge in [-0.2, -0.15) is 0 Å². The second kappa shape index (κ2) is 14.4. The maximum absolute atomic E-state index is 6.83. The summed E-state index contributed by atoms with van der Waals surface area (Å²) in [4.78, 5) is 2.48. The number of ether oxygens (including phenoxy) is 1. The molecule has 0 bridgehead atoms. The van der Waals surface area contributed by atoms with Gasteiger partial charge in [0.1, 0.15) is 11.5 Å². The summed E-state index contributed by atoms with van der Waals surface area (Å²) in [6, 6.07) is 88.4. The Balaban J connectivity index is 1.01. The van der Waals surface area contributed by atoms with Crippen molar-refractivity contribution in [3.8, 4) is 78.3 Å². The van der Waals surface area contributed by atoms with Crippen molar-refractivity contribution in [2.75, 3.05) is 4.90 Å². The molecule has 0 fully saturated rings. The first kappa shape index (κ1) is 39.3. The molecule has 0 amide bonds. The topological polar surface area (TPSA) is 12.5 Å². The molecule has 0 atom stereocenters. The summed E-state index contributed by atoms with van der Waals surface area (Å²) in [5, 5.41) is 2.47. The van der Waals surface area contributed by atoms with E-state index in [1.54, 1.807) is 0 Å². The molecule has 1 aliphatic heterocycles. The van der Waals surface area contributed by atoms with Gasteiger partial charge in [0, 0.05) is 33.6 Å². The van der Waals surface area contributed by atoms with Crippen molar-refractivity contribution >= 4 is 27.8 Å². The van der Waals surface area contributed by atoms with E-state index in [1.807, 2.05) is 0 Å². The van der Waals surface area contributed by atoms with Gasteiger partial charge in [-0.25, -0.2) is 0 Å². The first-order valence-electron chi connectivity index (χ1n) is 24.5. The van der Waals surface area contributed by atoms with Gasteiger partial charge in [0.2, 0.25) is 0 Å². The van der Waals surface area contributed by atoms with Crippen LogP contribution < -0.4 is 9.64 Å². The molecule has 2 nitrogen and oxygen atoms in total. The highest BCUT2D eigenvalue weighted by atomic mass is 16.5. The second-order valence-corrected chi connectivity index (χ2v) is 19.9. The summed E-state index contributed by atoms with van der Waals surface area (Å²) in [7, 11) is 0. The summed E-state index contributed by atoms with van der Waals surface area (Å²) in [6.45, 7) is 4.74. The van der Waals surface area contributed by atoms with E-state index in [0.29, 0.717) is 0 Å². The number of nitrogens with zero attached hydrogens (tertiary/aromatic N) is 1. The van der Waals surface area contributed by atoms with Crippen LogP contribution in [0.25, 0.3) is 77.5 Å². The maximum Gasteiger partial charge on any atom is 0.135 e. The number of anilines is 3. The minimum atomic E-state index is -0.603. The highest BCUT2D eigenvalue weighted by Crippen LogP contribution is 2.63.